The molecule has 0 bridgehead atoms. The molecule has 1 N–H and O–H groups in total. The highest BCUT2D eigenvalue weighted by molar-refractivity contribution is 6.05. The van der Waals surface area contributed by atoms with E-state index in [0.29, 0.717) is 17.0 Å². The van der Waals surface area contributed by atoms with Gasteiger partial charge < -0.3 is 14.8 Å². The Kier molecular flexibility index (Phi) is 6.86. The molecule has 0 atom stereocenters. The number of aryl methyl sites for hydroxylation is 1. The predicted octanol–water partition coefficient (Wildman–Crippen LogP) is 5.24. The summed E-state index contributed by atoms with van der Waals surface area (Å²) in [5, 5.41) is 2.87. The SMILES string of the molecule is Cc1cccc(-c2cccc(C(=O)Nc3cccc(OCC(=O)OC(C)C)c3)c2)c1. The third-order valence-corrected chi connectivity index (χ3v) is 4.29. The van der Waals surface area contributed by atoms with E-state index in [1.54, 1.807) is 44.2 Å². The first-order chi connectivity index (χ1) is 14.4. The fraction of sp³-hybridized carbons (Fsp3) is 0.200. The van der Waals surface area contributed by atoms with Crippen molar-refractivity contribution in [3.05, 3.63) is 83.9 Å². The van der Waals surface area contributed by atoms with Crippen molar-refractivity contribution in [3.63, 3.8) is 0 Å². The van der Waals surface area contributed by atoms with E-state index in [9.17, 15) is 9.59 Å². The molecule has 5 heteroatoms. The minimum Gasteiger partial charge on any atom is -0.482 e. The number of hydrogen-bond acceptors (Lipinski definition) is 4. The van der Waals surface area contributed by atoms with Crippen LogP contribution in [-0.4, -0.2) is 24.6 Å². The van der Waals surface area contributed by atoms with Crippen LogP contribution in [0.4, 0.5) is 5.69 Å². The summed E-state index contributed by atoms with van der Waals surface area (Å²) in [5.74, 6) is -0.185. The zero-order chi connectivity index (χ0) is 21.5. The van der Waals surface area contributed by atoms with Gasteiger partial charge in [0.1, 0.15) is 5.75 Å². The molecule has 3 aromatic carbocycles. The second-order valence-electron chi connectivity index (χ2n) is 7.26. The number of amides is 1. The lowest BCUT2D eigenvalue weighted by Gasteiger charge is -2.11. The van der Waals surface area contributed by atoms with Gasteiger partial charge in [0, 0.05) is 17.3 Å². The van der Waals surface area contributed by atoms with E-state index in [1.165, 1.54) is 0 Å². The number of nitrogens with one attached hydrogen (secondary N) is 1. The van der Waals surface area contributed by atoms with E-state index in [1.807, 2.05) is 43.3 Å². The van der Waals surface area contributed by atoms with Crippen LogP contribution in [-0.2, 0) is 9.53 Å². The smallest absolute Gasteiger partial charge is 0.344 e. The zero-order valence-corrected chi connectivity index (χ0v) is 17.3. The Morgan fingerprint density at radius 3 is 2.33 bits per heavy atom. The van der Waals surface area contributed by atoms with Crippen molar-refractivity contribution in [2.24, 2.45) is 0 Å². The lowest BCUT2D eigenvalue weighted by atomic mass is 10.0. The number of benzene rings is 3. The number of esters is 1. The monoisotopic (exact) mass is 403 g/mol. The van der Waals surface area contributed by atoms with E-state index < -0.39 is 5.97 Å². The fourth-order valence-electron chi connectivity index (χ4n) is 2.97. The highest BCUT2D eigenvalue weighted by atomic mass is 16.6. The maximum absolute atomic E-state index is 12.7. The van der Waals surface area contributed by atoms with Gasteiger partial charge in [-0.05, 0) is 56.2 Å². The number of hydrogen-bond donors (Lipinski definition) is 1. The standard InChI is InChI=1S/C25H25NO4/c1-17(2)30-24(27)16-29-23-12-6-11-22(15-23)26-25(28)21-10-5-9-20(14-21)19-8-4-7-18(3)13-19/h4-15,17H,16H2,1-3H3,(H,26,28). The Morgan fingerprint density at radius 2 is 1.60 bits per heavy atom. The van der Waals surface area contributed by atoms with Gasteiger partial charge in [0.05, 0.1) is 6.10 Å². The number of anilines is 1. The van der Waals surface area contributed by atoms with Crippen LogP contribution in [0.1, 0.15) is 29.8 Å². The Hall–Kier alpha value is -3.60. The van der Waals surface area contributed by atoms with Crippen molar-refractivity contribution in [3.8, 4) is 16.9 Å². The van der Waals surface area contributed by atoms with Crippen molar-refractivity contribution >= 4 is 17.6 Å². The number of rotatable bonds is 7. The van der Waals surface area contributed by atoms with Gasteiger partial charge in [-0.15, -0.1) is 0 Å². The number of carbonyl (C=O) groups excluding carboxylic acids is 2. The van der Waals surface area contributed by atoms with E-state index in [-0.39, 0.29) is 18.6 Å². The van der Waals surface area contributed by atoms with Gasteiger partial charge in [0.2, 0.25) is 0 Å². The molecule has 154 valence electrons. The molecule has 0 heterocycles. The van der Waals surface area contributed by atoms with Crippen LogP contribution in [0.3, 0.4) is 0 Å². The first-order valence-electron chi connectivity index (χ1n) is 9.81. The first-order valence-corrected chi connectivity index (χ1v) is 9.81. The quantitative estimate of drug-likeness (QED) is 0.548. The third-order valence-electron chi connectivity index (χ3n) is 4.29. The molecule has 3 rings (SSSR count). The summed E-state index contributed by atoms with van der Waals surface area (Å²) in [4.78, 5) is 24.4. The zero-order valence-electron chi connectivity index (χ0n) is 17.3. The Bertz CT molecular complexity index is 1040. The van der Waals surface area contributed by atoms with E-state index in [2.05, 4.69) is 11.4 Å². The molecular formula is C25H25NO4. The highest BCUT2D eigenvalue weighted by Crippen LogP contribution is 2.23. The van der Waals surface area contributed by atoms with E-state index in [4.69, 9.17) is 9.47 Å². The number of carbonyl (C=O) groups is 2. The molecule has 5 nitrogen and oxygen atoms in total. The topological polar surface area (TPSA) is 64.6 Å². The molecule has 1 amide bonds. The third kappa shape index (κ3) is 5.95. The van der Waals surface area contributed by atoms with Crippen LogP contribution in [0, 0.1) is 6.92 Å². The Morgan fingerprint density at radius 1 is 0.900 bits per heavy atom. The van der Waals surface area contributed by atoms with Gasteiger partial charge in [0.25, 0.3) is 5.91 Å². The molecule has 0 spiro atoms. The minimum absolute atomic E-state index is 0.186. The van der Waals surface area contributed by atoms with Crippen LogP contribution in [0.25, 0.3) is 11.1 Å². The molecule has 0 fully saturated rings. The van der Waals surface area contributed by atoms with Gasteiger partial charge in [-0.1, -0.05) is 48.0 Å². The van der Waals surface area contributed by atoms with Gasteiger partial charge in [-0.3, -0.25) is 4.79 Å². The summed E-state index contributed by atoms with van der Waals surface area (Å²) in [6, 6.07) is 22.5. The first kappa shape index (κ1) is 21.1. The summed E-state index contributed by atoms with van der Waals surface area (Å²) < 4.78 is 10.5. The second kappa shape index (κ2) is 9.74. The summed E-state index contributed by atoms with van der Waals surface area (Å²) in [6.07, 6.45) is -0.192. The second-order valence-corrected chi connectivity index (χ2v) is 7.26. The van der Waals surface area contributed by atoms with Crippen LogP contribution < -0.4 is 10.1 Å². The Labute approximate surface area is 176 Å². The summed E-state index contributed by atoms with van der Waals surface area (Å²) in [5.41, 5.74) is 4.34. The molecular weight excluding hydrogens is 378 g/mol. The van der Waals surface area contributed by atoms with Crippen molar-refractivity contribution in [1.29, 1.82) is 0 Å². The normalized spacial score (nSPS) is 10.5. The van der Waals surface area contributed by atoms with Crippen molar-refractivity contribution in [1.82, 2.24) is 0 Å². The van der Waals surface area contributed by atoms with Crippen molar-refractivity contribution < 1.29 is 19.1 Å². The van der Waals surface area contributed by atoms with Crippen LogP contribution >= 0.6 is 0 Å². The van der Waals surface area contributed by atoms with Gasteiger partial charge in [0.15, 0.2) is 6.61 Å². The van der Waals surface area contributed by atoms with Gasteiger partial charge in [-0.25, -0.2) is 4.79 Å². The molecule has 30 heavy (non-hydrogen) atoms. The van der Waals surface area contributed by atoms with Crippen LogP contribution in [0.15, 0.2) is 72.8 Å². The van der Waals surface area contributed by atoms with Gasteiger partial charge >= 0.3 is 5.97 Å². The summed E-state index contributed by atoms with van der Waals surface area (Å²) >= 11 is 0. The fourth-order valence-corrected chi connectivity index (χ4v) is 2.97. The molecule has 0 saturated heterocycles. The van der Waals surface area contributed by atoms with E-state index >= 15 is 0 Å². The molecule has 0 radical (unpaired) electrons. The lowest BCUT2D eigenvalue weighted by molar-refractivity contribution is -0.149. The molecule has 0 aliphatic carbocycles. The van der Waals surface area contributed by atoms with Crippen molar-refractivity contribution in [2.75, 3.05) is 11.9 Å². The van der Waals surface area contributed by atoms with Crippen LogP contribution in [0.2, 0.25) is 0 Å². The lowest BCUT2D eigenvalue weighted by Crippen LogP contribution is -2.18. The van der Waals surface area contributed by atoms with E-state index in [0.717, 1.165) is 16.7 Å². The molecule has 0 aromatic heterocycles. The van der Waals surface area contributed by atoms with Gasteiger partial charge in [-0.2, -0.15) is 0 Å². The average molecular weight is 403 g/mol. The largest absolute Gasteiger partial charge is 0.482 e. The molecule has 0 aliphatic heterocycles. The molecule has 0 aliphatic rings. The maximum Gasteiger partial charge on any atom is 0.344 e. The highest BCUT2D eigenvalue weighted by Gasteiger charge is 2.10. The van der Waals surface area contributed by atoms with Crippen LogP contribution in [0.5, 0.6) is 5.75 Å². The predicted molar refractivity (Wildman–Crippen MR) is 118 cm³/mol. The summed E-state index contributed by atoms with van der Waals surface area (Å²) in [6.45, 7) is 5.41. The molecule has 0 saturated carbocycles. The molecule has 0 unspecified atom stereocenters. The minimum atomic E-state index is -0.438. The summed E-state index contributed by atoms with van der Waals surface area (Å²) in [7, 11) is 0. The molecule has 3 aromatic rings. The van der Waals surface area contributed by atoms with Crippen molar-refractivity contribution in [2.45, 2.75) is 26.9 Å². The maximum atomic E-state index is 12.7. The number of ether oxygens (including phenoxy) is 2. The average Bonchev–Trinajstić information content (AvgIpc) is 2.72. The Balaban J connectivity index is 1.68.